The van der Waals surface area contributed by atoms with Gasteiger partial charge in [0.25, 0.3) is 11.8 Å². The predicted molar refractivity (Wildman–Crippen MR) is 111 cm³/mol. The Morgan fingerprint density at radius 3 is 2.47 bits per heavy atom. The Bertz CT molecular complexity index is 1300. The zero-order valence-electron chi connectivity index (χ0n) is 16.6. The van der Waals surface area contributed by atoms with Crippen LogP contribution in [0.5, 0.6) is 11.5 Å². The van der Waals surface area contributed by atoms with E-state index in [2.05, 4.69) is 9.71 Å². The first-order chi connectivity index (χ1) is 15.4. The fourth-order valence-corrected chi connectivity index (χ4v) is 4.54. The summed E-state index contributed by atoms with van der Waals surface area (Å²) in [6.07, 6.45) is 1.46. The van der Waals surface area contributed by atoms with Gasteiger partial charge in [0, 0.05) is 12.7 Å². The molecular weight excluding hydrogens is 434 g/mol. The monoisotopic (exact) mass is 451 g/mol. The van der Waals surface area contributed by atoms with Gasteiger partial charge in [-0.05, 0) is 47.5 Å². The van der Waals surface area contributed by atoms with Gasteiger partial charge in [0.2, 0.25) is 16.8 Å². The van der Waals surface area contributed by atoms with Crippen molar-refractivity contribution >= 4 is 21.8 Å². The lowest BCUT2D eigenvalue weighted by Crippen LogP contribution is -2.29. The van der Waals surface area contributed by atoms with E-state index >= 15 is 0 Å². The second-order valence-corrected chi connectivity index (χ2v) is 9.02. The van der Waals surface area contributed by atoms with Crippen molar-refractivity contribution in [3.8, 4) is 11.5 Å². The SMILES string of the molecule is O=C1c2cccnc2C(=O)N1Cc1ccc(S(=O)(=O)NCc2ccc3c(c2)OCO3)cc1. The molecule has 3 heterocycles. The molecule has 0 spiro atoms. The van der Waals surface area contributed by atoms with E-state index in [1.54, 1.807) is 42.5 Å². The Balaban J connectivity index is 1.26. The van der Waals surface area contributed by atoms with Crippen LogP contribution < -0.4 is 14.2 Å². The summed E-state index contributed by atoms with van der Waals surface area (Å²) in [5, 5.41) is 0. The molecule has 2 aromatic carbocycles. The second-order valence-electron chi connectivity index (χ2n) is 7.25. The molecule has 2 aliphatic rings. The molecule has 10 heteroatoms. The summed E-state index contributed by atoms with van der Waals surface area (Å²) in [6, 6.07) is 14.4. The number of benzene rings is 2. The molecule has 0 radical (unpaired) electrons. The largest absolute Gasteiger partial charge is 0.454 e. The average Bonchev–Trinajstić information content (AvgIpc) is 3.37. The fraction of sp³-hybridized carbons (Fsp3) is 0.136. The molecule has 2 aliphatic heterocycles. The van der Waals surface area contributed by atoms with Crippen LogP contribution in [0.2, 0.25) is 0 Å². The van der Waals surface area contributed by atoms with E-state index in [0.717, 1.165) is 10.5 Å². The van der Waals surface area contributed by atoms with Crippen LogP contribution in [0.3, 0.4) is 0 Å². The number of pyridine rings is 1. The minimum atomic E-state index is -3.76. The minimum absolute atomic E-state index is 0.0268. The van der Waals surface area contributed by atoms with Gasteiger partial charge >= 0.3 is 0 Å². The summed E-state index contributed by atoms with van der Waals surface area (Å²) in [5.74, 6) is 0.323. The molecule has 0 saturated heterocycles. The number of rotatable bonds is 6. The van der Waals surface area contributed by atoms with Gasteiger partial charge in [-0.25, -0.2) is 13.1 Å². The first-order valence-corrected chi connectivity index (χ1v) is 11.2. The van der Waals surface area contributed by atoms with Crippen LogP contribution in [0.25, 0.3) is 0 Å². The van der Waals surface area contributed by atoms with E-state index in [0.29, 0.717) is 17.1 Å². The maximum atomic E-state index is 12.7. The fourth-order valence-electron chi connectivity index (χ4n) is 3.53. The van der Waals surface area contributed by atoms with E-state index in [9.17, 15) is 18.0 Å². The van der Waals surface area contributed by atoms with Crippen molar-refractivity contribution in [1.82, 2.24) is 14.6 Å². The van der Waals surface area contributed by atoms with Gasteiger partial charge in [-0.2, -0.15) is 0 Å². The molecule has 0 bridgehead atoms. The summed E-state index contributed by atoms with van der Waals surface area (Å²) in [6.45, 7) is 0.260. The van der Waals surface area contributed by atoms with Crippen LogP contribution in [0.1, 0.15) is 32.0 Å². The van der Waals surface area contributed by atoms with Gasteiger partial charge in [-0.15, -0.1) is 0 Å². The number of hydrogen-bond acceptors (Lipinski definition) is 7. The molecule has 162 valence electrons. The van der Waals surface area contributed by atoms with Gasteiger partial charge in [-0.3, -0.25) is 19.5 Å². The van der Waals surface area contributed by atoms with E-state index in [1.807, 2.05) is 0 Å². The van der Waals surface area contributed by atoms with Crippen molar-refractivity contribution in [3.05, 3.63) is 83.2 Å². The molecule has 32 heavy (non-hydrogen) atoms. The molecule has 9 nitrogen and oxygen atoms in total. The van der Waals surface area contributed by atoms with Crippen molar-refractivity contribution in [2.75, 3.05) is 6.79 Å². The smallest absolute Gasteiger partial charge is 0.280 e. The Morgan fingerprint density at radius 1 is 0.938 bits per heavy atom. The number of amides is 2. The highest BCUT2D eigenvalue weighted by Crippen LogP contribution is 2.32. The van der Waals surface area contributed by atoms with Gasteiger partial charge in [0.1, 0.15) is 5.69 Å². The lowest BCUT2D eigenvalue weighted by atomic mass is 10.2. The highest BCUT2D eigenvalue weighted by molar-refractivity contribution is 7.89. The molecule has 2 amide bonds. The van der Waals surface area contributed by atoms with Gasteiger partial charge in [-0.1, -0.05) is 18.2 Å². The molecule has 1 N–H and O–H groups in total. The third-order valence-corrected chi connectivity index (χ3v) is 6.63. The van der Waals surface area contributed by atoms with E-state index < -0.39 is 21.8 Å². The summed E-state index contributed by atoms with van der Waals surface area (Å²) in [5.41, 5.74) is 1.75. The lowest BCUT2D eigenvalue weighted by Gasteiger charge is -2.14. The van der Waals surface area contributed by atoms with Crippen molar-refractivity contribution < 1.29 is 27.5 Å². The Morgan fingerprint density at radius 2 is 1.69 bits per heavy atom. The third-order valence-electron chi connectivity index (χ3n) is 5.21. The molecule has 3 aromatic rings. The maximum Gasteiger partial charge on any atom is 0.280 e. The number of nitrogens with zero attached hydrogens (tertiary/aromatic N) is 2. The van der Waals surface area contributed by atoms with Crippen molar-refractivity contribution in [1.29, 1.82) is 0 Å². The summed E-state index contributed by atoms with van der Waals surface area (Å²) in [7, 11) is -3.76. The molecule has 0 aliphatic carbocycles. The zero-order valence-corrected chi connectivity index (χ0v) is 17.5. The number of carbonyl (C=O) groups excluding carboxylic acids is 2. The molecule has 5 rings (SSSR count). The molecule has 0 saturated carbocycles. The third kappa shape index (κ3) is 3.59. The van der Waals surface area contributed by atoms with Crippen LogP contribution in [-0.4, -0.2) is 36.9 Å². The van der Waals surface area contributed by atoms with Crippen LogP contribution in [0.15, 0.2) is 65.7 Å². The topological polar surface area (TPSA) is 115 Å². The number of nitrogens with one attached hydrogen (secondary N) is 1. The van der Waals surface area contributed by atoms with Crippen molar-refractivity contribution in [3.63, 3.8) is 0 Å². The number of sulfonamides is 1. The first kappa shape index (κ1) is 20.2. The van der Waals surface area contributed by atoms with Gasteiger partial charge in [0.05, 0.1) is 17.0 Å². The number of imide groups is 1. The average molecular weight is 451 g/mol. The summed E-state index contributed by atoms with van der Waals surface area (Å²) >= 11 is 0. The van der Waals surface area contributed by atoms with E-state index in [-0.39, 0.29) is 36.0 Å². The van der Waals surface area contributed by atoms with Crippen molar-refractivity contribution in [2.45, 2.75) is 18.0 Å². The summed E-state index contributed by atoms with van der Waals surface area (Å²) < 4.78 is 38.4. The quantitative estimate of drug-likeness (QED) is 0.571. The van der Waals surface area contributed by atoms with Crippen molar-refractivity contribution in [2.24, 2.45) is 0 Å². The van der Waals surface area contributed by atoms with Gasteiger partial charge in [0.15, 0.2) is 11.5 Å². The Hall–Kier alpha value is -3.76. The minimum Gasteiger partial charge on any atom is -0.454 e. The van der Waals surface area contributed by atoms with E-state index in [1.165, 1.54) is 18.3 Å². The zero-order chi connectivity index (χ0) is 22.3. The number of ether oxygens (including phenoxy) is 2. The molecule has 0 unspecified atom stereocenters. The number of carbonyl (C=O) groups is 2. The van der Waals surface area contributed by atoms with E-state index in [4.69, 9.17) is 9.47 Å². The molecular formula is C22H17N3O6S. The van der Waals surface area contributed by atoms with Crippen LogP contribution in [0.4, 0.5) is 0 Å². The number of aromatic nitrogens is 1. The molecule has 0 fully saturated rings. The lowest BCUT2D eigenvalue weighted by molar-refractivity contribution is 0.0640. The Kier molecular flexibility index (Phi) is 4.87. The Labute approximate surface area is 183 Å². The number of hydrogen-bond donors (Lipinski definition) is 1. The predicted octanol–water partition coefficient (Wildman–Crippen LogP) is 2.08. The maximum absolute atomic E-state index is 12.7. The number of fused-ring (bicyclic) bond motifs is 2. The van der Waals surface area contributed by atoms with Crippen LogP contribution >= 0.6 is 0 Å². The first-order valence-electron chi connectivity index (χ1n) is 9.71. The highest BCUT2D eigenvalue weighted by atomic mass is 32.2. The van der Waals surface area contributed by atoms with Crippen LogP contribution in [-0.2, 0) is 23.1 Å². The highest BCUT2D eigenvalue weighted by Gasteiger charge is 2.36. The standard InChI is InChI=1S/C22H17N3O6S/c26-21-17-2-1-9-23-20(17)22(27)25(21)12-14-3-6-16(7-4-14)32(28,29)24-11-15-5-8-18-19(10-15)31-13-30-18/h1-10,24H,11-13H2. The second kappa shape index (κ2) is 7.74. The van der Waals surface area contributed by atoms with Crippen LogP contribution in [0, 0.1) is 0 Å². The summed E-state index contributed by atoms with van der Waals surface area (Å²) in [4.78, 5) is 30.1. The molecule has 1 aromatic heterocycles. The normalized spacial score (nSPS) is 14.7. The van der Waals surface area contributed by atoms with Gasteiger partial charge < -0.3 is 9.47 Å². The molecule has 0 atom stereocenters.